The standard InChI is InChI=1S/C21H32O3.C2H6.CH2O/c1-12(22)16-6-7-17-15-5-4-13-10-14(23)8-9-20(13,2)19(15)18(24)11-21(16,17)3;2*1-2/h13-17,19,23H,4-11H2,1-3H3;1-2H3;1H2/t13-,14-,15?,16+,17-,19?,20-,21+;;/m0../s1. The van der Waals surface area contributed by atoms with Crippen molar-refractivity contribution in [2.45, 2.75) is 92.1 Å². The summed E-state index contributed by atoms with van der Waals surface area (Å²) in [5.41, 5.74) is -0.0175. The second-order valence-corrected chi connectivity index (χ2v) is 9.85. The molecule has 4 aliphatic carbocycles. The first-order valence-corrected chi connectivity index (χ1v) is 11.3. The molecule has 0 bridgehead atoms. The average Bonchev–Trinajstić information content (AvgIpc) is 3.02. The Balaban J connectivity index is 0.000000660. The molecule has 4 saturated carbocycles. The summed E-state index contributed by atoms with van der Waals surface area (Å²) in [5, 5.41) is 10.1. The van der Waals surface area contributed by atoms with Gasteiger partial charge < -0.3 is 9.90 Å². The van der Waals surface area contributed by atoms with Gasteiger partial charge >= 0.3 is 0 Å². The third-order valence-electron chi connectivity index (χ3n) is 8.81. The zero-order valence-corrected chi connectivity index (χ0v) is 18.5. The summed E-state index contributed by atoms with van der Waals surface area (Å²) in [6.45, 7) is 12.3. The van der Waals surface area contributed by atoms with Crippen molar-refractivity contribution >= 4 is 18.4 Å². The third kappa shape index (κ3) is 3.51. The van der Waals surface area contributed by atoms with Crippen molar-refractivity contribution in [1.82, 2.24) is 0 Å². The van der Waals surface area contributed by atoms with Gasteiger partial charge in [0.2, 0.25) is 0 Å². The minimum Gasteiger partial charge on any atom is -0.393 e. The summed E-state index contributed by atoms with van der Waals surface area (Å²) in [6, 6.07) is 0. The van der Waals surface area contributed by atoms with E-state index in [0.717, 1.165) is 44.9 Å². The van der Waals surface area contributed by atoms with Gasteiger partial charge in [0, 0.05) is 18.3 Å². The van der Waals surface area contributed by atoms with E-state index in [0.29, 0.717) is 30.0 Å². The van der Waals surface area contributed by atoms with Gasteiger partial charge in [-0.1, -0.05) is 27.7 Å². The maximum atomic E-state index is 13.3. The number of rotatable bonds is 1. The van der Waals surface area contributed by atoms with E-state index in [9.17, 15) is 14.7 Å². The van der Waals surface area contributed by atoms with Crippen molar-refractivity contribution in [3.63, 3.8) is 0 Å². The van der Waals surface area contributed by atoms with Gasteiger partial charge in [-0.3, -0.25) is 9.59 Å². The second-order valence-electron chi connectivity index (χ2n) is 9.85. The maximum Gasteiger partial charge on any atom is 0.137 e. The largest absolute Gasteiger partial charge is 0.393 e. The summed E-state index contributed by atoms with van der Waals surface area (Å²) in [6.07, 6.45) is 7.53. The Hall–Kier alpha value is -1.03. The highest BCUT2D eigenvalue weighted by atomic mass is 16.3. The Kier molecular flexibility index (Phi) is 7.28. The molecule has 4 aliphatic rings. The van der Waals surface area contributed by atoms with E-state index in [1.54, 1.807) is 6.92 Å². The fourth-order valence-corrected chi connectivity index (χ4v) is 7.72. The lowest BCUT2D eigenvalue weighted by molar-refractivity contribution is -0.162. The Morgan fingerprint density at radius 2 is 1.68 bits per heavy atom. The fraction of sp³-hybridized carbons (Fsp3) is 0.875. The van der Waals surface area contributed by atoms with Crippen LogP contribution in [-0.2, 0) is 14.4 Å². The minimum absolute atomic E-state index is 0.0782. The predicted octanol–water partition coefficient (Wildman–Crippen LogP) is 4.62. The lowest BCUT2D eigenvalue weighted by Crippen LogP contribution is -2.58. The summed E-state index contributed by atoms with van der Waals surface area (Å²) in [7, 11) is 0. The third-order valence-corrected chi connectivity index (χ3v) is 8.81. The highest BCUT2D eigenvalue weighted by molar-refractivity contribution is 5.87. The number of aliphatic hydroxyl groups is 1. The van der Waals surface area contributed by atoms with Crippen LogP contribution in [0.2, 0.25) is 0 Å². The monoisotopic (exact) mass is 392 g/mol. The Bertz CT molecular complexity index is 587. The molecule has 0 heterocycles. The van der Waals surface area contributed by atoms with Crippen LogP contribution in [0.25, 0.3) is 0 Å². The van der Waals surface area contributed by atoms with E-state index in [4.69, 9.17) is 4.79 Å². The highest BCUT2D eigenvalue weighted by Gasteiger charge is 2.63. The number of aliphatic hydroxyl groups excluding tert-OH is 1. The fourth-order valence-electron chi connectivity index (χ4n) is 7.72. The van der Waals surface area contributed by atoms with Crippen LogP contribution >= 0.6 is 0 Å². The molecular weight excluding hydrogens is 352 g/mol. The molecule has 0 aromatic carbocycles. The first-order chi connectivity index (χ1) is 13.3. The molecule has 2 unspecified atom stereocenters. The van der Waals surface area contributed by atoms with Crippen LogP contribution in [0.15, 0.2) is 0 Å². The molecule has 0 saturated heterocycles. The number of hydrogen-bond donors (Lipinski definition) is 1. The Morgan fingerprint density at radius 3 is 2.29 bits per heavy atom. The Labute approximate surface area is 170 Å². The summed E-state index contributed by atoms with van der Waals surface area (Å²) in [5.74, 6) is 2.48. The summed E-state index contributed by atoms with van der Waals surface area (Å²) < 4.78 is 0. The van der Waals surface area contributed by atoms with Crippen molar-refractivity contribution in [2.75, 3.05) is 0 Å². The first kappa shape index (κ1) is 23.3. The molecule has 4 rings (SSSR count). The molecule has 0 aromatic rings. The van der Waals surface area contributed by atoms with Gasteiger partial charge in [-0.05, 0) is 80.5 Å². The van der Waals surface area contributed by atoms with E-state index in [1.807, 2.05) is 20.6 Å². The lowest BCUT2D eigenvalue weighted by atomic mass is 9.44. The van der Waals surface area contributed by atoms with Crippen molar-refractivity contribution in [2.24, 2.45) is 40.4 Å². The van der Waals surface area contributed by atoms with E-state index < -0.39 is 0 Å². The molecule has 0 spiro atoms. The van der Waals surface area contributed by atoms with Gasteiger partial charge in [0.15, 0.2) is 0 Å². The Morgan fingerprint density at radius 1 is 1.04 bits per heavy atom. The van der Waals surface area contributed by atoms with Gasteiger partial charge in [-0.15, -0.1) is 0 Å². The van der Waals surface area contributed by atoms with Crippen molar-refractivity contribution in [3.8, 4) is 0 Å². The molecule has 0 amide bonds. The maximum absolute atomic E-state index is 13.3. The minimum atomic E-state index is -0.169. The first-order valence-electron chi connectivity index (χ1n) is 11.3. The molecule has 0 aliphatic heterocycles. The summed E-state index contributed by atoms with van der Waals surface area (Å²) >= 11 is 0. The number of fused-ring (bicyclic) bond motifs is 5. The number of Topliss-reactive ketones (excluding diaryl/α,β-unsaturated/α-hetero) is 2. The SMILES string of the molecule is C=O.CC.CC(=O)[C@H]1CC[C@H]2C3CC[C@H]4C[C@@H](O)CC[C@]4(C)C3C(=O)C[C@]12C. The van der Waals surface area contributed by atoms with Crippen molar-refractivity contribution in [1.29, 1.82) is 0 Å². The smallest absolute Gasteiger partial charge is 0.137 e. The van der Waals surface area contributed by atoms with E-state index >= 15 is 0 Å². The molecule has 4 nitrogen and oxygen atoms in total. The molecule has 28 heavy (non-hydrogen) atoms. The van der Waals surface area contributed by atoms with Crippen LogP contribution in [0.4, 0.5) is 0 Å². The predicted molar refractivity (Wildman–Crippen MR) is 111 cm³/mol. The van der Waals surface area contributed by atoms with Crippen LogP contribution < -0.4 is 0 Å². The van der Waals surface area contributed by atoms with Gasteiger partial charge in [-0.25, -0.2) is 0 Å². The zero-order valence-electron chi connectivity index (χ0n) is 18.5. The molecule has 4 fully saturated rings. The van der Waals surface area contributed by atoms with Crippen LogP contribution in [0, 0.1) is 40.4 Å². The highest BCUT2D eigenvalue weighted by Crippen LogP contribution is 2.66. The van der Waals surface area contributed by atoms with Gasteiger partial charge in [0.1, 0.15) is 18.4 Å². The molecule has 0 radical (unpaired) electrons. The molecule has 4 heteroatoms. The van der Waals surface area contributed by atoms with Gasteiger partial charge in [0.25, 0.3) is 0 Å². The van der Waals surface area contributed by atoms with Gasteiger partial charge in [-0.2, -0.15) is 0 Å². The molecule has 160 valence electrons. The van der Waals surface area contributed by atoms with Crippen LogP contribution in [0.1, 0.15) is 86.0 Å². The summed E-state index contributed by atoms with van der Waals surface area (Å²) in [4.78, 5) is 33.5. The number of hydrogen-bond acceptors (Lipinski definition) is 4. The van der Waals surface area contributed by atoms with Crippen molar-refractivity contribution < 1.29 is 19.5 Å². The van der Waals surface area contributed by atoms with Crippen LogP contribution in [0.3, 0.4) is 0 Å². The van der Waals surface area contributed by atoms with Gasteiger partial charge in [0.05, 0.1) is 6.10 Å². The number of carbonyl (C=O) groups excluding carboxylic acids is 3. The van der Waals surface area contributed by atoms with E-state index in [-0.39, 0.29) is 34.6 Å². The molecule has 8 atom stereocenters. The molecule has 0 aromatic heterocycles. The van der Waals surface area contributed by atoms with E-state index in [1.165, 1.54) is 0 Å². The average molecular weight is 393 g/mol. The second kappa shape index (κ2) is 8.77. The van der Waals surface area contributed by atoms with E-state index in [2.05, 4.69) is 13.8 Å². The molecular formula is C24H40O4. The normalized spacial score (nSPS) is 46.6. The van der Waals surface area contributed by atoms with Crippen LogP contribution in [-0.4, -0.2) is 29.6 Å². The zero-order chi connectivity index (χ0) is 21.3. The van der Waals surface area contributed by atoms with Crippen molar-refractivity contribution in [3.05, 3.63) is 0 Å². The number of carbonyl (C=O) groups is 3. The lowest BCUT2D eigenvalue weighted by Gasteiger charge is -2.59. The quantitative estimate of drug-likeness (QED) is 0.707. The topological polar surface area (TPSA) is 71.4 Å². The van der Waals surface area contributed by atoms with Crippen LogP contribution in [0.5, 0.6) is 0 Å². The number of ketones is 2. The molecule has 1 N–H and O–H groups in total.